The van der Waals surface area contributed by atoms with Crippen molar-refractivity contribution in [1.82, 2.24) is 5.32 Å². The highest BCUT2D eigenvalue weighted by atomic mass is 35.5. The minimum absolute atomic E-state index is 0.307. The van der Waals surface area contributed by atoms with Crippen LogP contribution in [-0.2, 0) is 13.2 Å². The number of hydrogen-bond acceptors (Lipinski definition) is 2. The Morgan fingerprint density at radius 2 is 1.54 bits per heavy atom. The zero-order chi connectivity index (χ0) is 18.4. The van der Waals surface area contributed by atoms with E-state index >= 15 is 0 Å². The van der Waals surface area contributed by atoms with Crippen LogP contribution >= 0.6 is 23.2 Å². The van der Waals surface area contributed by atoms with Gasteiger partial charge in [0.1, 0.15) is 12.4 Å². The summed E-state index contributed by atoms with van der Waals surface area (Å²) in [4.78, 5) is 0. The van der Waals surface area contributed by atoms with Crippen LogP contribution < -0.4 is 10.1 Å². The van der Waals surface area contributed by atoms with Crippen LogP contribution in [0.25, 0.3) is 0 Å². The van der Waals surface area contributed by atoms with E-state index < -0.39 is 0 Å². The number of rotatable bonds is 7. The average molecular weight is 386 g/mol. The molecule has 0 saturated heterocycles. The van der Waals surface area contributed by atoms with E-state index in [1.165, 1.54) is 11.1 Å². The van der Waals surface area contributed by atoms with E-state index in [2.05, 4.69) is 48.6 Å². The first-order chi connectivity index (χ1) is 12.6. The molecule has 3 rings (SSSR count). The van der Waals surface area contributed by atoms with Gasteiger partial charge in [0, 0.05) is 12.6 Å². The molecule has 0 aliphatic heterocycles. The summed E-state index contributed by atoms with van der Waals surface area (Å²) < 4.78 is 5.81. The second-order valence-corrected chi connectivity index (χ2v) is 7.01. The molecule has 1 atom stereocenters. The number of ether oxygens (including phenoxy) is 1. The highest BCUT2D eigenvalue weighted by Crippen LogP contribution is 2.23. The Morgan fingerprint density at radius 1 is 0.846 bits per heavy atom. The molecule has 0 bridgehead atoms. The number of nitrogens with one attached hydrogen (secondary N) is 1. The maximum Gasteiger partial charge on any atom is 0.119 e. The van der Waals surface area contributed by atoms with E-state index in [0.717, 1.165) is 17.9 Å². The zero-order valence-electron chi connectivity index (χ0n) is 14.6. The van der Waals surface area contributed by atoms with Crippen LogP contribution in [0.5, 0.6) is 5.75 Å². The predicted octanol–water partition coefficient (Wildman–Crippen LogP) is 6.42. The summed E-state index contributed by atoms with van der Waals surface area (Å²) in [6.07, 6.45) is 0. The molecule has 3 aromatic rings. The largest absolute Gasteiger partial charge is 0.489 e. The van der Waals surface area contributed by atoms with Gasteiger partial charge in [-0.15, -0.1) is 0 Å². The molecule has 0 fully saturated rings. The molecule has 2 nitrogen and oxygen atoms in total. The first-order valence-corrected chi connectivity index (χ1v) is 9.31. The van der Waals surface area contributed by atoms with Crippen LogP contribution in [0.2, 0.25) is 10.0 Å². The molecule has 0 saturated carbocycles. The Bertz CT molecular complexity index is 835. The molecule has 0 aliphatic rings. The third-order valence-electron chi connectivity index (χ3n) is 4.22. The Hall–Kier alpha value is -2.00. The molecular weight excluding hydrogens is 365 g/mol. The smallest absolute Gasteiger partial charge is 0.119 e. The van der Waals surface area contributed by atoms with Gasteiger partial charge >= 0.3 is 0 Å². The van der Waals surface area contributed by atoms with E-state index in [0.29, 0.717) is 22.7 Å². The monoisotopic (exact) mass is 385 g/mol. The van der Waals surface area contributed by atoms with E-state index in [1.54, 1.807) is 6.07 Å². The van der Waals surface area contributed by atoms with Crippen LogP contribution in [-0.4, -0.2) is 0 Å². The maximum atomic E-state index is 6.03. The first kappa shape index (κ1) is 18.8. The molecule has 0 aromatic heterocycles. The topological polar surface area (TPSA) is 21.3 Å². The molecule has 0 heterocycles. The van der Waals surface area contributed by atoms with Gasteiger partial charge in [0.2, 0.25) is 0 Å². The van der Waals surface area contributed by atoms with E-state index in [9.17, 15) is 0 Å². The van der Waals surface area contributed by atoms with Crippen molar-refractivity contribution in [3.05, 3.63) is 99.5 Å². The van der Waals surface area contributed by atoms with Crippen molar-refractivity contribution in [3.8, 4) is 5.75 Å². The van der Waals surface area contributed by atoms with Gasteiger partial charge in [-0.1, -0.05) is 71.7 Å². The van der Waals surface area contributed by atoms with Crippen LogP contribution in [0.15, 0.2) is 72.8 Å². The maximum absolute atomic E-state index is 6.03. The van der Waals surface area contributed by atoms with E-state index in [4.69, 9.17) is 27.9 Å². The summed E-state index contributed by atoms with van der Waals surface area (Å²) in [6.45, 7) is 3.44. The quantitative estimate of drug-likeness (QED) is 0.506. The average Bonchev–Trinajstić information content (AvgIpc) is 2.68. The fourth-order valence-electron chi connectivity index (χ4n) is 2.63. The first-order valence-electron chi connectivity index (χ1n) is 8.56. The SMILES string of the molecule is C[C@H](NCc1ccc(OCc2ccc(Cl)c(Cl)c2)cc1)c1ccccc1. The predicted molar refractivity (Wildman–Crippen MR) is 109 cm³/mol. The Morgan fingerprint density at radius 3 is 2.23 bits per heavy atom. The number of hydrogen-bond donors (Lipinski definition) is 1. The van der Waals surface area contributed by atoms with Crippen molar-refractivity contribution < 1.29 is 4.74 Å². The molecule has 3 aromatic carbocycles. The molecule has 0 unspecified atom stereocenters. The van der Waals surface area contributed by atoms with Crippen molar-refractivity contribution in [1.29, 1.82) is 0 Å². The van der Waals surface area contributed by atoms with E-state index in [1.807, 2.05) is 30.3 Å². The summed E-state index contributed by atoms with van der Waals surface area (Å²) in [7, 11) is 0. The number of halogens is 2. The molecule has 0 amide bonds. The molecule has 26 heavy (non-hydrogen) atoms. The van der Waals surface area contributed by atoms with Crippen LogP contribution in [0.4, 0.5) is 0 Å². The molecule has 1 N–H and O–H groups in total. The lowest BCUT2D eigenvalue weighted by Crippen LogP contribution is -2.17. The molecule has 4 heteroatoms. The zero-order valence-corrected chi connectivity index (χ0v) is 16.1. The van der Waals surface area contributed by atoms with Gasteiger partial charge in [-0.05, 0) is 47.9 Å². The minimum atomic E-state index is 0.307. The second-order valence-electron chi connectivity index (χ2n) is 6.19. The summed E-state index contributed by atoms with van der Waals surface area (Å²) in [5.41, 5.74) is 3.49. The lowest BCUT2D eigenvalue weighted by molar-refractivity contribution is 0.306. The van der Waals surface area contributed by atoms with Gasteiger partial charge in [0.15, 0.2) is 0 Å². The highest BCUT2D eigenvalue weighted by molar-refractivity contribution is 6.42. The normalized spacial score (nSPS) is 12.0. The van der Waals surface area contributed by atoms with Crippen molar-refractivity contribution in [3.63, 3.8) is 0 Å². The van der Waals surface area contributed by atoms with Crippen LogP contribution in [0.1, 0.15) is 29.7 Å². The molecular formula is C22H21Cl2NO. The Labute approximate surface area is 164 Å². The van der Waals surface area contributed by atoms with Crippen LogP contribution in [0, 0.1) is 0 Å². The van der Waals surface area contributed by atoms with Crippen molar-refractivity contribution >= 4 is 23.2 Å². The summed E-state index contributed by atoms with van der Waals surface area (Å²) in [5.74, 6) is 0.830. The van der Waals surface area contributed by atoms with Crippen molar-refractivity contribution in [2.75, 3.05) is 0 Å². The molecule has 0 radical (unpaired) electrons. The Balaban J connectivity index is 1.51. The third-order valence-corrected chi connectivity index (χ3v) is 4.96. The molecule has 0 aliphatic carbocycles. The summed E-state index contributed by atoms with van der Waals surface area (Å²) in [5, 5.41) is 4.63. The van der Waals surface area contributed by atoms with Gasteiger partial charge in [-0.3, -0.25) is 0 Å². The standard InChI is InChI=1S/C22H21Cl2NO/c1-16(19-5-3-2-4-6-19)25-14-17-7-10-20(11-8-17)26-15-18-9-12-21(23)22(24)13-18/h2-13,16,25H,14-15H2,1H3/t16-/m0/s1. The van der Waals surface area contributed by atoms with Gasteiger partial charge < -0.3 is 10.1 Å². The van der Waals surface area contributed by atoms with Crippen LogP contribution in [0.3, 0.4) is 0 Å². The van der Waals surface area contributed by atoms with E-state index in [-0.39, 0.29) is 0 Å². The fourth-order valence-corrected chi connectivity index (χ4v) is 2.95. The lowest BCUT2D eigenvalue weighted by atomic mass is 10.1. The fraction of sp³-hybridized carbons (Fsp3) is 0.182. The summed E-state index contributed by atoms with van der Waals surface area (Å²) in [6, 6.07) is 24.4. The van der Waals surface area contributed by atoms with Gasteiger partial charge in [0.05, 0.1) is 10.0 Å². The molecule has 134 valence electrons. The van der Waals surface area contributed by atoms with Crippen molar-refractivity contribution in [2.45, 2.75) is 26.1 Å². The second kappa shape index (κ2) is 9.09. The van der Waals surface area contributed by atoms with Gasteiger partial charge in [0.25, 0.3) is 0 Å². The Kier molecular flexibility index (Phi) is 6.56. The third kappa shape index (κ3) is 5.25. The summed E-state index contributed by atoms with van der Waals surface area (Å²) >= 11 is 12.0. The number of benzene rings is 3. The lowest BCUT2D eigenvalue weighted by Gasteiger charge is -2.14. The molecule has 0 spiro atoms. The highest BCUT2D eigenvalue weighted by Gasteiger charge is 2.04. The van der Waals surface area contributed by atoms with Gasteiger partial charge in [-0.25, -0.2) is 0 Å². The minimum Gasteiger partial charge on any atom is -0.489 e. The van der Waals surface area contributed by atoms with Gasteiger partial charge in [-0.2, -0.15) is 0 Å². The van der Waals surface area contributed by atoms with Crippen molar-refractivity contribution in [2.24, 2.45) is 0 Å².